The number of hydrogen-bond donors (Lipinski definition) is 2. The summed E-state index contributed by atoms with van der Waals surface area (Å²) in [4.78, 5) is 25.4. The molecule has 2 N–H and O–H groups in total. The molecular weight excluding hydrogens is 527 g/mol. The third-order valence-electron chi connectivity index (χ3n) is 7.25. The van der Waals surface area contributed by atoms with Crippen LogP contribution < -0.4 is 15.4 Å². The minimum atomic E-state index is -4.16. The van der Waals surface area contributed by atoms with Crippen LogP contribution >= 0.6 is 0 Å². The first-order valence-electron chi connectivity index (χ1n) is 13.8. The van der Waals surface area contributed by atoms with Gasteiger partial charge >= 0.3 is 18.4 Å². The highest BCUT2D eigenvalue weighted by molar-refractivity contribution is 6.03. The summed E-state index contributed by atoms with van der Waals surface area (Å²) in [5.41, 5.74) is -0.521. The number of carbonyl (C=O) groups excluding carboxylic acids is 2. The summed E-state index contributed by atoms with van der Waals surface area (Å²) < 4.78 is 57.1. The lowest BCUT2D eigenvalue weighted by Gasteiger charge is -2.20. The third kappa shape index (κ3) is 7.83. The fraction of sp³-hybridized carbons (Fsp3) is 0.655. The minimum absolute atomic E-state index is 0.0529. The third-order valence-corrected chi connectivity index (χ3v) is 7.25. The first-order valence-corrected chi connectivity index (χ1v) is 13.8. The Hall–Kier alpha value is -2.95. The molecule has 1 saturated heterocycles. The normalized spacial score (nSPS) is 23.2. The van der Waals surface area contributed by atoms with Crippen LogP contribution in [-0.2, 0) is 9.47 Å². The molecule has 1 saturated carbocycles. The minimum Gasteiger partial charge on any atom is -0.494 e. The summed E-state index contributed by atoms with van der Waals surface area (Å²) >= 11 is 0. The molecule has 1 aliphatic heterocycles. The number of alkyl halides is 3. The maximum absolute atomic E-state index is 12.9. The van der Waals surface area contributed by atoms with Gasteiger partial charge < -0.3 is 19.5 Å². The Morgan fingerprint density at radius 1 is 1.05 bits per heavy atom. The van der Waals surface area contributed by atoms with Gasteiger partial charge in [-0.25, -0.2) is 9.59 Å². The number of rotatable bonds is 6. The molecule has 1 aromatic heterocycles. The highest BCUT2D eigenvalue weighted by Crippen LogP contribution is 2.45. The van der Waals surface area contributed by atoms with Crippen molar-refractivity contribution in [1.82, 2.24) is 9.88 Å². The molecule has 2 fully saturated rings. The zero-order chi connectivity index (χ0) is 29.5. The highest BCUT2D eigenvalue weighted by Gasteiger charge is 2.46. The molecule has 1 aliphatic carbocycles. The molecule has 2 heterocycles. The number of amides is 1. The summed E-state index contributed by atoms with van der Waals surface area (Å²) in [6, 6.07) is 4.72. The van der Waals surface area contributed by atoms with Crippen LogP contribution in [0.5, 0.6) is 5.75 Å². The number of carbonyl (C=O) groups is 2. The van der Waals surface area contributed by atoms with Crippen LogP contribution in [0, 0.1) is 17.8 Å². The first kappa shape index (κ1) is 30.0. The topological polar surface area (TPSA) is 90.8 Å². The molecule has 4 rings (SSSR count). The Kier molecular flexibility index (Phi) is 8.36. The van der Waals surface area contributed by atoms with Gasteiger partial charge in [-0.05, 0) is 103 Å². The van der Waals surface area contributed by atoms with Crippen LogP contribution in [0.25, 0.3) is 10.9 Å². The van der Waals surface area contributed by atoms with E-state index in [4.69, 9.17) is 14.2 Å². The van der Waals surface area contributed by atoms with Crippen molar-refractivity contribution < 1.29 is 37.0 Å². The molecule has 0 spiro atoms. The summed E-state index contributed by atoms with van der Waals surface area (Å²) in [7, 11) is 0. The fourth-order valence-corrected chi connectivity index (χ4v) is 5.78. The lowest BCUT2D eigenvalue weighted by atomic mass is 9.92. The molecule has 1 aromatic carbocycles. The van der Waals surface area contributed by atoms with Gasteiger partial charge in [0.1, 0.15) is 17.0 Å². The van der Waals surface area contributed by atoms with Crippen LogP contribution in [-0.4, -0.2) is 53.3 Å². The van der Waals surface area contributed by atoms with Gasteiger partial charge in [-0.1, -0.05) is 0 Å². The van der Waals surface area contributed by atoms with Gasteiger partial charge in [-0.2, -0.15) is 13.2 Å². The summed E-state index contributed by atoms with van der Waals surface area (Å²) in [5.74, 6) is 1.20. The van der Waals surface area contributed by atoms with Crippen LogP contribution in [0.2, 0.25) is 0 Å². The summed E-state index contributed by atoms with van der Waals surface area (Å²) in [6.45, 7) is 11.6. The Labute approximate surface area is 232 Å². The standard InChI is InChI=1S/C29H40F3N3O5/c1-27(2,3)39-25(36)34-23-16-35(26(37)40-28(4,5)6)24-8-7-19(13-21(23)24)38-10-9-17-11-18-15-33-22(20(18)12-17)14-29(30,31)32/h7-8,13,16-18,20,22,33H,9-12,14-15H2,1-6H3,(H,34,36)/t17-,18+,20-,22-/m1/s1. The predicted octanol–water partition coefficient (Wildman–Crippen LogP) is 7.11. The fourth-order valence-electron chi connectivity index (χ4n) is 5.78. The van der Waals surface area contributed by atoms with E-state index in [-0.39, 0.29) is 11.8 Å². The zero-order valence-corrected chi connectivity index (χ0v) is 24.0. The van der Waals surface area contributed by atoms with Gasteiger partial charge in [0.25, 0.3) is 0 Å². The summed E-state index contributed by atoms with van der Waals surface area (Å²) in [6.07, 6.45) is -2.28. The molecule has 222 valence electrons. The molecule has 0 unspecified atom stereocenters. The number of halogens is 3. The van der Waals surface area contributed by atoms with E-state index in [1.807, 2.05) is 0 Å². The first-order chi connectivity index (χ1) is 18.5. The monoisotopic (exact) mass is 567 g/mol. The highest BCUT2D eigenvalue weighted by atomic mass is 19.4. The number of nitrogens with zero attached hydrogens (tertiary/aromatic N) is 1. The second-order valence-electron chi connectivity index (χ2n) is 12.9. The SMILES string of the molecule is CC(C)(C)OC(=O)Nc1cn(C(=O)OC(C)(C)C)c2ccc(OCC[C@@H]3C[C@H]4CN[C@H](CC(F)(F)F)[C@@H]4C3)cc12. The van der Waals surface area contributed by atoms with Gasteiger partial charge in [-0.3, -0.25) is 9.88 Å². The lowest BCUT2D eigenvalue weighted by Crippen LogP contribution is -2.32. The van der Waals surface area contributed by atoms with Gasteiger partial charge in [0, 0.05) is 17.6 Å². The van der Waals surface area contributed by atoms with Gasteiger partial charge in [0.15, 0.2) is 0 Å². The maximum Gasteiger partial charge on any atom is 0.419 e. The van der Waals surface area contributed by atoms with Gasteiger partial charge in [0.2, 0.25) is 0 Å². The molecule has 0 radical (unpaired) electrons. The number of ether oxygens (including phenoxy) is 3. The van der Waals surface area contributed by atoms with E-state index in [9.17, 15) is 22.8 Å². The van der Waals surface area contributed by atoms with E-state index in [1.165, 1.54) is 10.8 Å². The molecular formula is C29H40F3N3O5. The van der Waals surface area contributed by atoms with E-state index >= 15 is 0 Å². The Bertz CT molecular complexity index is 1230. The van der Waals surface area contributed by atoms with Crippen molar-refractivity contribution in [2.24, 2.45) is 17.8 Å². The van der Waals surface area contributed by atoms with Crippen molar-refractivity contribution in [2.75, 3.05) is 18.5 Å². The van der Waals surface area contributed by atoms with E-state index in [2.05, 4.69) is 10.6 Å². The lowest BCUT2D eigenvalue weighted by molar-refractivity contribution is -0.141. The molecule has 2 aliphatic rings. The van der Waals surface area contributed by atoms with E-state index < -0.39 is 42.0 Å². The number of anilines is 1. The predicted molar refractivity (Wildman–Crippen MR) is 146 cm³/mol. The van der Waals surface area contributed by atoms with Crippen molar-refractivity contribution >= 4 is 28.8 Å². The van der Waals surface area contributed by atoms with Crippen LogP contribution in [0.1, 0.15) is 67.2 Å². The zero-order valence-electron chi connectivity index (χ0n) is 24.0. The smallest absolute Gasteiger partial charge is 0.419 e. The largest absolute Gasteiger partial charge is 0.494 e. The Morgan fingerprint density at radius 2 is 1.75 bits per heavy atom. The Balaban J connectivity index is 1.44. The van der Waals surface area contributed by atoms with Crippen LogP contribution in [0.3, 0.4) is 0 Å². The van der Waals surface area contributed by atoms with Crippen molar-refractivity contribution in [1.29, 1.82) is 0 Å². The molecule has 1 amide bonds. The molecule has 4 atom stereocenters. The molecule has 0 bridgehead atoms. The van der Waals surface area contributed by atoms with E-state index in [0.717, 1.165) is 19.3 Å². The second-order valence-corrected chi connectivity index (χ2v) is 12.9. The van der Waals surface area contributed by atoms with E-state index in [0.29, 0.717) is 41.4 Å². The average Bonchev–Trinajstić information content (AvgIpc) is 3.44. The van der Waals surface area contributed by atoms with Crippen molar-refractivity contribution in [2.45, 2.75) is 90.6 Å². The molecule has 2 aromatic rings. The van der Waals surface area contributed by atoms with E-state index in [1.54, 1.807) is 59.7 Å². The average molecular weight is 568 g/mol. The second kappa shape index (κ2) is 11.1. The number of nitrogens with one attached hydrogen (secondary N) is 2. The summed E-state index contributed by atoms with van der Waals surface area (Å²) in [5, 5.41) is 6.36. The van der Waals surface area contributed by atoms with Crippen LogP contribution in [0.4, 0.5) is 28.4 Å². The Morgan fingerprint density at radius 3 is 2.40 bits per heavy atom. The quantitative estimate of drug-likeness (QED) is 0.387. The van der Waals surface area contributed by atoms with Crippen LogP contribution in [0.15, 0.2) is 24.4 Å². The number of benzene rings is 1. The maximum atomic E-state index is 12.9. The number of aromatic nitrogens is 1. The van der Waals surface area contributed by atoms with Crippen molar-refractivity contribution in [3.05, 3.63) is 24.4 Å². The van der Waals surface area contributed by atoms with Crippen molar-refractivity contribution in [3.63, 3.8) is 0 Å². The molecule has 40 heavy (non-hydrogen) atoms. The molecule has 8 nitrogen and oxygen atoms in total. The van der Waals surface area contributed by atoms with Crippen molar-refractivity contribution in [3.8, 4) is 5.75 Å². The van der Waals surface area contributed by atoms with Gasteiger partial charge in [0.05, 0.1) is 24.2 Å². The van der Waals surface area contributed by atoms with Gasteiger partial charge in [-0.15, -0.1) is 0 Å². The number of fused-ring (bicyclic) bond motifs is 2. The molecule has 11 heteroatoms. The number of hydrogen-bond acceptors (Lipinski definition) is 6.